The zero-order valence-electron chi connectivity index (χ0n) is 17.2. The summed E-state index contributed by atoms with van der Waals surface area (Å²) in [5.74, 6) is 1.02. The normalized spacial score (nSPS) is 19.9. The lowest BCUT2D eigenvalue weighted by atomic mass is 9.86. The number of methoxy groups -OCH3 is 1. The number of hydrogen-bond donors (Lipinski definition) is 0. The van der Waals surface area contributed by atoms with E-state index < -0.39 is 0 Å². The molecule has 0 spiro atoms. The van der Waals surface area contributed by atoms with Crippen molar-refractivity contribution in [1.29, 1.82) is 0 Å². The lowest BCUT2D eigenvalue weighted by molar-refractivity contribution is 0.122. The highest BCUT2D eigenvalue weighted by Gasteiger charge is 2.32. The van der Waals surface area contributed by atoms with Crippen molar-refractivity contribution in [3.63, 3.8) is 0 Å². The number of hydrogen-bond acceptors (Lipinski definition) is 4. The summed E-state index contributed by atoms with van der Waals surface area (Å²) in [6.07, 6.45) is 1.05. The molecule has 1 unspecified atom stereocenters. The Labute approximate surface area is 172 Å². The first kappa shape index (κ1) is 18.5. The van der Waals surface area contributed by atoms with Crippen molar-refractivity contribution in [2.45, 2.75) is 12.5 Å². The van der Waals surface area contributed by atoms with Gasteiger partial charge in [-0.25, -0.2) is 0 Å². The van der Waals surface area contributed by atoms with E-state index in [2.05, 4.69) is 71.4 Å². The van der Waals surface area contributed by atoms with Crippen LogP contribution in [0, 0.1) is 0 Å². The van der Waals surface area contributed by atoms with Gasteiger partial charge in [0.25, 0.3) is 0 Å². The molecule has 4 nitrogen and oxygen atoms in total. The van der Waals surface area contributed by atoms with Crippen molar-refractivity contribution >= 4 is 16.5 Å². The summed E-state index contributed by atoms with van der Waals surface area (Å²) in [6, 6.07) is 20.2. The summed E-state index contributed by atoms with van der Waals surface area (Å²) in [7, 11) is 4.04. The van der Waals surface area contributed by atoms with Gasteiger partial charge in [0.05, 0.1) is 32.1 Å². The van der Waals surface area contributed by atoms with Crippen molar-refractivity contribution in [3.8, 4) is 5.75 Å². The van der Waals surface area contributed by atoms with Crippen molar-refractivity contribution in [1.82, 2.24) is 4.90 Å². The molecule has 1 fully saturated rings. The van der Waals surface area contributed by atoms with Gasteiger partial charge >= 0.3 is 0 Å². The second-order valence-corrected chi connectivity index (χ2v) is 8.03. The molecule has 150 valence electrons. The molecule has 0 amide bonds. The smallest absolute Gasteiger partial charge is 0.147 e. The maximum atomic E-state index is 6.08. The first-order valence-electron chi connectivity index (χ1n) is 10.5. The van der Waals surface area contributed by atoms with Crippen LogP contribution in [-0.2, 0) is 11.2 Å². The fourth-order valence-electron chi connectivity index (χ4n) is 4.86. The van der Waals surface area contributed by atoms with E-state index in [9.17, 15) is 0 Å². The van der Waals surface area contributed by atoms with Gasteiger partial charge < -0.3 is 14.4 Å². The van der Waals surface area contributed by atoms with Crippen LogP contribution in [0.2, 0.25) is 0 Å². The Bertz CT molecular complexity index is 1030. The van der Waals surface area contributed by atoms with Gasteiger partial charge in [-0.05, 0) is 47.5 Å². The summed E-state index contributed by atoms with van der Waals surface area (Å²) in [6.45, 7) is 4.41. The Kier molecular flexibility index (Phi) is 4.90. The maximum Gasteiger partial charge on any atom is 0.147 e. The molecule has 1 atom stereocenters. The van der Waals surface area contributed by atoms with Crippen LogP contribution in [0.25, 0.3) is 10.8 Å². The molecule has 1 saturated heterocycles. The number of benzene rings is 3. The Morgan fingerprint density at radius 3 is 2.52 bits per heavy atom. The van der Waals surface area contributed by atoms with Gasteiger partial charge in [0.1, 0.15) is 5.75 Å². The van der Waals surface area contributed by atoms with Crippen LogP contribution in [0.3, 0.4) is 0 Å². The first-order valence-corrected chi connectivity index (χ1v) is 10.5. The lowest BCUT2D eigenvalue weighted by Gasteiger charge is -2.38. The van der Waals surface area contributed by atoms with E-state index in [0.29, 0.717) is 0 Å². The molecule has 2 aliphatic rings. The Balaban J connectivity index is 1.65. The van der Waals surface area contributed by atoms with Crippen molar-refractivity contribution in [2.75, 3.05) is 51.9 Å². The van der Waals surface area contributed by atoms with E-state index >= 15 is 0 Å². The fourth-order valence-corrected chi connectivity index (χ4v) is 4.86. The molecule has 0 N–H and O–H groups in total. The van der Waals surface area contributed by atoms with E-state index in [-0.39, 0.29) is 6.04 Å². The number of rotatable bonds is 3. The monoisotopic (exact) mass is 388 g/mol. The van der Waals surface area contributed by atoms with Gasteiger partial charge in [0.15, 0.2) is 0 Å². The molecule has 0 saturated carbocycles. The summed E-state index contributed by atoms with van der Waals surface area (Å²) in [4.78, 5) is 4.85. The highest BCUT2D eigenvalue weighted by Crippen LogP contribution is 2.45. The van der Waals surface area contributed by atoms with Crippen molar-refractivity contribution < 1.29 is 9.47 Å². The molecular weight excluding hydrogens is 360 g/mol. The first-order chi connectivity index (χ1) is 14.3. The Morgan fingerprint density at radius 2 is 1.72 bits per heavy atom. The van der Waals surface area contributed by atoms with Crippen LogP contribution in [0.1, 0.15) is 22.7 Å². The van der Waals surface area contributed by atoms with Gasteiger partial charge in [-0.2, -0.15) is 0 Å². The van der Waals surface area contributed by atoms with Gasteiger partial charge in [-0.3, -0.25) is 4.90 Å². The quantitative estimate of drug-likeness (QED) is 0.669. The third kappa shape index (κ3) is 3.26. The summed E-state index contributed by atoms with van der Waals surface area (Å²) >= 11 is 0. The number of nitrogens with zero attached hydrogens (tertiary/aromatic N) is 2. The van der Waals surface area contributed by atoms with Crippen LogP contribution in [0.15, 0.2) is 54.6 Å². The van der Waals surface area contributed by atoms with E-state index in [4.69, 9.17) is 9.47 Å². The largest absolute Gasteiger partial charge is 0.494 e. The fraction of sp³-hybridized carbons (Fsp3) is 0.360. The van der Waals surface area contributed by atoms with Crippen LogP contribution in [0.4, 0.5) is 5.69 Å². The highest BCUT2D eigenvalue weighted by atomic mass is 16.5. The Hall–Kier alpha value is -2.56. The van der Waals surface area contributed by atoms with Crippen molar-refractivity contribution in [3.05, 3.63) is 71.3 Å². The summed E-state index contributed by atoms with van der Waals surface area (Å²) in [5, 5.41) is 2.57. The van der Waals surface area contributed by atoms with Crippen LogP contribution >= 0.6 is 0 Å². The average molecular weight is 389 g/mol. The number of morpholine rings is 1. The van der Waals surface area contributed by atoms with E-state index in [1.165, 1.54) is 33.2 Å². The maximum absolute atomic E-state index is 6.08. The van der Waals surface area contributed by atoms with E-state index in [0.717, 1.165) is 45.0 Å². The van der Waals surface area contributed by atoms with Crippen molar-refractivity contribution in [2.24, 2.45) is 0 Å². The minimum absolute atomic E-state index is 0.194. The van der Waals surface area contributed by atoms with Crippen LogP contribution < -0.4 is 9.64 Å². The third-order valence-corrected chi connectivity index (χ3v) is 6.36. The molecule has 2 aliphatic heterocycles. The number of anilines is 1. The molecule has 0 aliphatic carbocycles. The molecule has 4 heteroatoms. The zero-order chi connectivity index (χ0) is 19.8. The molecule has 5 rings (SSSR count). The third-order valence-electron chi connectivity index (χ3n) is 6.36. The van der Waals surface area contributed by atoms with Gasteiger partial charge in [0, 0.05) is 25.2 Å². The minimum Gasteiger partial charge on any atom is -0.494 e. The minimum atomic E-state index is 0.194. The number of likely N-dealkylation sites (N-methyl/N-ethyl adjacent to an activating group) is 1. The predicted molar refractivity (Wildman–Crippen MR) is 118 cm³/mol. The van der Waals surface area contributed by atoms with Gasteiger partial charge in [-0.15, -0.1) is 0 Å². The Morgan fingerprint density at radius 1 is 0.931 bits per heavy atom. The molecule has 29 heavy (non-hydrogen) atoms. The molecule has 0 bridgehead atoms. The SMILES string of the molecule is COc1c(N2CCOCC2)ccc2c1C(c1ccc3ccccc3c1)N(C)CC2. The van der Waals surface area contributed by atoms with Crippen LogP contribution in [0.5, 0.6) is 5.75 Å². The zero-order valence-corrected chi connectivity index (χ0v) is 17.2. The standard InChI is InChI=1S/C25H28N2O2/c1-26-12-11-19-9-10-22(27-13-15-29-16-14-27)25(28-2)23(19)24(26)21-8-7-18-5-3-4-6-20(18)17-21/h3-10,17,24H,11-16H2,1-2H3. The molecular formula is C25H28N2O2. The number of ether oxygens (including phenoxy) is 2. The van der Waals surface area contributed by atoms with E-state index in [1.54, 1.807) is 0 Å². The molecule has 3 aromatic carbocycles. The van der Waals surface area contributed by atoms with Gasteiger partial charge in [0.2, 0.25) is 0 Å². The summed E-state index contributed by atoms with van der Waals surface area (Å²) < 4.78 is 11.6. The topological polar surface area (TPSA) is 24.9 Å². The lowest BCUT2D eigenvalue weighted by Crippen LogP contribution is -2.37. The molecule has 0 radical (unpaired) electrons. The van der Waals surface area contributed by atoms with Crippen LogP contribution in [-0.4, -0.2) is 51.9 Å². The summed E-state index contributed by atoms with van der Waals surface area (Å²) in [5.41, 5.74) is 5.23. The second-order valence-electron chi connectivity index (χ2n) is 8.03. The second kappa shape index (κ2) is 7.69. The predicted octanol–water partition coefficient (Wildman–Crippen LogP) is 4.26. The highest BCUT2D eigenvalue weighted by molar-refractivity contribution is 5.83. The number of fused-ring (bicyclic) bond motifs is 2. The van der Waals surface area contributed by atoms with Gasteiger partial charge in [-0.1, -0.05) is 42.5 Å². The van der Waals surface area contributed by atoms with E-state index in [1.807, 2.05) is 7.11 Å². The molecule has 3 aromatic rings. The molecule has 2 heterocycles. The molecule has 0 aromatic heterocycles. The average Bonchev–Trinajstić information content (AvgIpc) is 2.78.